The standard InChI is InChI=1S/C21H23NO6/c1-12-8-17(18-11-25-15-6-4-5-7-16(15)27-18)28-21(24)19(12)20(23)22-9-13(2)26-14(3)10-22/h4-8,13-14,18H,9-11H2,1-3H3/t13-,14+,18?. The molecule has 7 heteroatoms. The van der Waals surface area contributed by atoms with Gasteiger partial charge in [-0.05, 0) is 44.5 Å². The smallest absolute Gasteiger partial charge is 0.349 e. The topological polar surface area (TPSA) is 78.2 Å². The minimum Gasteiger partial charge on any atom is -0.485 e. The van der Waals surface area contributed by atoms with Gasteiger partial charge in [0.1, 0.15) is 12.2 Å². The maximum absolute atomic E-state index is 12.9. The molecular weight excluding hydrogens is 362 g/mol. The first-order valence-corrected chi connectivity index (χ1v) is 9.40. The molecule has 1 amide bonds. The second-order valence-electron chi connectivity index (χ2n) is 7.33. The number of hydrogen-bond acceptors (Lipinski definition) is 6. The van der Waals surface area contributed by atoms with Crippen molar-refractivity contribution in [2.75, 3.05) is 19.7 Å². The molecule has 0 spiro atoms. The van der Waals surface area contributed by atoms with Gasteiger partial charge < -0.3 is 23.5 Å². The van der Waals surface area contributed by atoms with E-state index in [1.54, 1.807) is 24.0 Å². The number of nitrogens with zero attached hydrogens (tertiary/aromatic N) is 1. The van der Waals surface area contributed by atoms with Gasteiger partial charge in [0.05, 0.1) is 12.2 Å². The molecule has 3 atom stereocenters. The van der Waals surface area contributed by atoms with Crippen molar-refractivity contribution in [3.05, 3.63) is 57.6 Å². The first-order valence-electron chi connectivity index (χ1n) is 9.40. The Labute approximate surface area is 162 Å². The summed E-state index contributed by atoms with van der Waals surface area (Å²) in [5, 5.41) is 0. The van der Waals surface area contributed by atoms with Crippen molar-refractivity contribution in [3.63, 3.8) is 0 Å². The second kappa shape index (κ2) is 7.31. The highest BCUT2D eigenvalue weighted by molar-refractivity contribution is 5.95. The highest BCUT2D eigenvalue weighted by Crippen LogP contribution is 2.35. The third-order valence-electron chi connectivity index (χ3n) is 4.91. The number of morpholine rings is 1. The molecule has 0 N–H and O–H groups in total. The lowest BCUT2D eigenvalue weighted by atomic mass is 10.1. The highest BCUT2D eigenvalue weighted by Gasteiger charge is 2.31. The summed E-state index contributed by atoms with van der Waals surface area (Å²) in [5.41, 5.74) is -0.0399. The Balaban J connectivity index is 1.59. The number of fused-ring (bicyclic) bond motifs is 1. The van der Waals surface area contributed by atoms with E-state index in [2.05, 4.69) is 0 Å². The lowest BCUT2D eigenvalue weighted by Gasteiger charge is -2.35. The maximum atomic E-state index is 12.9. The van der Waals surface area contributed by atoms with E-state index in [-0.39, 0.29) is 30.3 Å². The Morgan fingerprint density at radius 2 is 1.79 bits per heavy atom. The van der Waals surface area contributed by atoms with E-state index in [0.717, 1.165) is 0 Å². The van der Waals surface area contributed by atoms with Crippen LogP contribution in [0, 0.1) is 6.92 Å². The van der Waals surface area contributed by atoms with Crippen molar-refractivity contribution in [3.8, 4) is 11.5 Å². The molecular formula is C21H23NO6. The molecule has 1 fully saturated rings. The van der Waals surface area contributed by atoms with Crippen LogP contribution in [0.5, 0.6) is 11.5 Å². The molecule has 1 aromatic heterocycles. The zero-order chi connectivity index (χ0) is 19.8. The monoisotopic (exact) mass is 385 g/mol. The molecule has 2 aromatic rings. The molecule has 1 saturated heterocycles. The SMILES string of the molecule is Cc1cc(C2COc3ccccc3O2)oc(=O)c1C(=O)N1C[C@@H](C)O[C@@H](C)C1. The Kier molecular flexibility index (Phi) is 4.85. The molecule has 1 aromatic carbocycles. The summed E-state index contributed by atoms with van der Waals surface area (Å²) in [6.45, 7) is 6.67. The molecule has 148 valence electrons. The average Bonchev–Trinajstić information content (AvgIpc) is 2.66. The number of carbonyl (C=O) groups excluding carboxylic acids is 1. The van der Waals surface area contributed by atoms with Crippen molar-refractivity contribution in [2.45, 2.75) is 39.1 Å². The summed E-state index contributed by atoms with van der Waals surface area (Å²) < 4.78 is 22.7. The number of benzene rings is 1. The molecule has 0 radical (unpaired) electrons. The van der Waals surface area contributed by atoms with E-state index in [9.17, 15) is 9.59 Å². The van der Waals surface area contributed by atoms with Crippen LogP contribution in [0.15, 0.2) is 39.5 Å². The summed E-state index contributed by atoms with van der Waals surface area (Å²) in [7, 11) is 0. The number of rotatable bonds is 2. The van der Waals surface area contributed by atoms with Gasteiger partial charge in [-0.3, -0.25) is 4.79 Å². The van der Waals surface area contributed by atoms with E-state index in [1.165, 1.54) is 0 Å². The van der Waals surface area contributed by atoms with Gasteiger partial charge in [0, 0.05) is 13.1 Å². The first-order chi connectivity index (χ1) is 13.4. The minimum atomic E-state index is -0.658. The zero-order valence-corrected chi connectivity index (χ0v) is 16.1. The van der Waals surface area contributed by atoms with Gasteiger partial charge in [0.15, 0.2) is 23.4 Å². The van der Waals surface area contributed by atoms with E-state index in [0.29, 0.717) is 35.9 Å². The predicted molar refractivity (Wildman–Crippen MR) is 101 cm³/mol. The number of ether oxygens (including phenoxy) is 3. The van der Waals surface area contributed by atoms with E-state index in [1.807, 2.05) is 32.0 Å². The molecule has 1 unspecified atom stereocenters. The number of aryl methyl sites for hydroxylation is 1. The van der Waals surface area contributed by atoms with Crippen LogP contribution in [-0.2, 0) is 4.74 Å². The van der Waals surface area contributed by atoms with E-state index >= 15 is 0 Å². The summed E-state index contributed by atoms with van der Waals surface area (Å²) in [5.74, 6) is 1.26. The summed E-state index contributed by atoms with van der Waals surface area (Å²) in [6.07, 6.45) is -0.701. The summed E-state index contributed by atoms with van der Waals surface area (Å²) >= 11 is 0. The van der Waals surface area contributed by atoms with E-state index in [4.69, 9.17) is 18.6 Å². The zero-order valence-electron chi connectivity index (χ0n) is 16.1. The summed E-state index contributed by atoms with van der Waals surface area (Å²) in [4.78, 5) is 27.2. The first kappa shape index (κ1) is 18.6. The van der Waals surface area contributed by atoms with Gasteiger partial charge in [0.25, 0.3) is 5.91 Å². The molecule has 0 saturated carbocycles. The van der Waals surface area contributed by atoms with Crippen LogP contribution in [0.1, 0.15) is 41.6 Å². The molecule has 2 aliphatic rings. The fourth-order valence-corrected chi connectivity index (χ4v) is 3.71. The normalized spacial score (nSPS) is 24.1. The largest absolute Gasteiger partial charge is 0.485 e. The number of hydrogen-bond donors (Lipinski definition) is 0. The summed E-state index contributed by atoms with van der Waals surface area (Å²) in [6, 6.07) is 9.01. The van der Waals surface area contributed by atoms with Crippen LogP contribution in [0.2, 0.25) is 0 Å². The number of amides is 1. The number of carbonyl (C=O) groups is 1. The van der Waals surface area contributed by atoms with E-state index < -0.39 is 11.7 Å². The van der Waals surface area contributed by atoms with Crippen LogP contribution >= 0.6 is 0 Å². The van der Waals surface area contributed by atoms with Crippen LogP contribution < -0.4 is 15.1 Å². The van der Waals surface area contributed by atoms with Gasteiger partial charge in [-0.15, -0.1) is 0 Å². The van der Waals surface area contributed by atoms with Gasteiger partial charge >= 0.3 is 5.63 Å². The number of para-hydroxylation sites is 2. The Morgan fingerprint density at radius 1 is 1.11 bits per heavy atom. The van der Waals surface area contributed by atoms with Gasteiger partial charge in [-0.1, -0.05) is 12.1 Å². The molecule has 7 nitrogen and oxygen atoms in total. The lowest BCUT2D eigenvalue weighted by molar-refractivity contribution is -0.0587. The lowest BCUT2D eigenvalue weighted by Crippen LogP contribution is -2.49. The molecule has 0 bridgehead atoms. The quantitative estimate of drug-likeness (QED) is 0.791. The Hall–Kier alpha value is -2.80. The van der Waals surface area contributed by atoms with Gasteiger partial charge in [-0.25, -0.2) is 4.79 Å². The fourth-order valence-electron chi connectivity index (χ4n) is 3.71. The van der Waals surface area contributed by atoms with Crippen LogP contribution in [0.4, 0.5) is 0 Å². The molecule has 0 aliphatic carbocycles. The maximum Gasteiger partial charge on any atom is 0.349 e. The molecule has 2 aliphatic heterocycles. The Bertz CT molecular complexity index is 942. The fraction of sp³-hybridized carbons (Fsp3) is 0.429. The van der Waals surface area contributed by atoms with Gasteiger partial charge in [0.2, 0.25) is 0 Å². The van der Waals surface area contributed by atoms with Crippen molar-refractivity contribution in [1.82, 2.24) is 4.90 Å². The molecule has 3 heterocycles. The van der Waals surface area contributed by atoms with Crippen molar-refractivity contribution >= 4 is 5.91 Å². The average molecular weight is 385 g/mol. The van der Waals surface area contributed by atoms with Crippen LogP contribution in [-0.4, -0.2) is 42.7 Å². The van der Waals surface area contributed by atoms with Crippen LogP contribution in [0.25, 0.3) is 0 Å². The Morgan fingerprint density at radius 3 is 2.46 bits per heavy atom. The third kappa shape index (κ3) is 3.49. The second-order valence-corrected chi connectivity index (χ2v) is 7.33. The minimum absolute atomic E-state index is 0.0576. The third-order valence-corrected chi connectivity index (χ3v) is 4.91. The predicted octanol–water partition coefficient (Wildman–Crippen LogP) is 2.71. The van der Waals surface area contributed by atoms with Crippen molar-refractivity contribution in [1.29, 1.82) is 0 Å². The van der Waals surface area contributed by atoms with Crippen LogP contribution in [0.3, 0.4) is 0 Å². The molecule has 4 rings (SSSR count). The van der Waals surface area contributed by atoms with Gasteiger partial charge in [-0.2, -0.15) is 0 Å². The highest BCUT2D eigenvalue weighted by atomic mass is 16.6. The molecule has 28 heavy (non-hydrogen) atoms. The van der Waals surface area contributed by atoms with Crippen molar-refractivity contribution in [2.24, 2.45) is 0 Å². The van der Waals surface area contributed by atoms with Crippen molar-refractivity contribution < 1.29 is 23.4 Å².